The van der Waals surface area contributed by atoms with Gasteiger partial charge in [0.25, 0.3) is 0 Å². The Balaban J connectivity index is 0.00000169. The summed E-state index contributed by atoms with van der Waals surface area (Å²) in [6, 6.07) is 4.65. The molecule has 14 heavy (non-hydrogen) atoms. The zero-order valence-electron chi connectivity index (χ0n) is 7.34. The number of rotatable bonds is 2. The molecule has 0 heterocycles. The van der Waals surface area contributed by atoms with E-state index in [1.807, 2.05) is 0 Å². The summed E-state index contributed by atoms with van der Waals surface area (Å²) < 4.78 is 43.7. The van der Waals surface area contributed by atoms with E-state index in [1.165, 1.54) is 12.1 Å². The predicted octanol–water partition coefficient (Wildman–Crippen LogP) is -2.63. The van der Waals surface area contributed by atoms with Crippen molar-refractivity contribution in [3.05, 3.63) is 35.6 Å². The summed E-state index contributed by atoms with van der Waals surface area (Å²) in [5.41, 5.74) is -2.87. The van der Waals surface area contributed by atoms with E-state index >= 15 is 0 Å². The third-order valence-electron chi connectivity index (χ3n) is 1.44. The summed E-state index contributed by atoms with van der Waals surface area (Å²) in [4.78, 5) is 0. The normalized spacial score (nSPS) is 13.1. The molecule has 7 heteroatoms. The molecule has 1 unspecified atom stereocenters. The van der Waals surface area contributed by atoms with Gasteiger partial charge in [0.2, 0.25) is 0 Å². The van der Waals surface area contributed by atoms with Gasteiger partial charge in [-0.2, -0.15) is 0 Å². The van der Waals surface area contributed by atoms with Crippen molar-refractivity contribution in [3.63, 3.8) is 0 Å². The molecule has 0 bridgehead atoms. The number of aliphatic hydroxyl groups excluding tert-OH is 1. The van der Waals surface area contributed by atoms with E-state index in [4.69, 9.17) is 5.11 Å². The fourth-order valence-corrected chi connectivity index (χ4v) is 1.33. The van der Waals surface area contributed by atoms with Gasteiger partial charge in [-0.25, -0.2) is 12.8 Å². The minimum absolute atomic E-state index is 0. The largest absolute Gasteiger partial charge is 1.00 e. The summed E-state index contributed by atoms with van der Waals surface area (Å²) in [5.74, 6) is -0.922. The minimum Gasteiger partial charge on any atom is -0.746 e. The van der Waals surface area contributed by atoms with E-state index in [0.29, 0.717) is 0 Å². The fourth-order valence-electron chi connectivity index (χ4n) is 0.831. The molecule has 1 aromatic rings. The monoisotopic (exact) mass is 228 g/mol. The molecule has 0 radical (unpaired) electrons. The van der Waals surface area contributed by atoms with Crippen LogP contribution < -0.4 is 29.6 Å². The average Bonchev–Trinajstić information content (AvgIpc) is 2.02. The number of hydrogen-bond donors (Lipinski definition) is 1. The second-order valence-corrected chi connectivity index (χ2v) is 3.80. The predicted molar refractivity (Wildman–Crippen MR) is 41.1 cm³/mol. The van der Waals surface area contributed by atoms with Gasteiger partial charge < -0.3 is 9.66 Å². The van der Waals surface area contributed by atoms with Gasteiger partial charge in [0.1, 0.15) is 15.9 Å². The van der Waals surface area contributed by atoms with Crippen LogP contribution in [0.5, 0.6) is 0 Å². The number of benzene rings is 1. The summed E-state index contributed by atoms with van der Waals surface area (Å²) in [6.45, 7) is 0. The molecule has 0 spiro atoms. The number of aliphatic hydroxyl groups is 1. The molecule has 0 aromatic heterocycles. The topological polar surface area (TPSA) is 77.4 Å². The first-order valence-electron chi connectivity index (χ1n) is 3.30. The Morgan fingerprint density at radius 3 is 2.29 bits per heavy atom. The summed E-state index contributed by atoms with van der Waals surface area (Å²) in [5, 5.41) is 8.90. The molecule has 1 atom stereocenters. The Morgan fingerprint density at radius 2 is 1.86 bits per heavy atom. The van der Waals surface area contributed by atoms with Crippen LogP contribution in [0.2, 0.25) is 0 Å². The van der Waals surface area contributed by atoms with Crippen LogP contribution in [-0.4, -0.2) is 18.1 Å². The quantitative estimate of drug-likeness (QED) is 0.443. The molecule has 4 nitrogen and oxygen atoms in total. The Bertz CT molecular complexity index is 406. The van der Waals surface area contributed by atoms with Crippen molar-refractivity contribution in [1.82, 2.24) is 0 Å². The summed E-state index contributed by atoms with van der Waals surface area (Å²) in [6.07, 6.45) is 0. The third kappa shape index (κ3) is 3.30. The maximum absolute atomic E-state index is 12.8. The van der Waals surface area contributed by atoms with E-state index in [9.17, 15) is 17.4 Å². The van der Waals surface area contributed by atoms with Gasteiger partial charge >= 0.3 is 29.6 Å². The first kappa shape index (κ1) is 14.0. The molecule has 0 fully saturated rings. The van der Waals surface area contributed by atoms with E-state index in [1.54, 1.807) is 0 Å². The van der Waals surface area contributed by atoms with Crippen LogP contribution >= 0.6 is 0 Å². The Morgan fingerprint density at radius 1 is 1.36 bits per heavy atom. The Hall–Kier alpha value is 0.0200. The second kappa shape index (κ2) is 5.20. The Labute approximate surface area is 103 Å². The van der Waals surface area contributed by atoms with Gasteiger partial charge in [-0.05, 0) is 6.07 Å². The van der Waals surface area contributed by atoms with E-state index in [-0.39, 0.29) is 29.6 Å². The van der Waals surface area contributed by atoms with Crippen LogP contribution in [0.1, 0.15) is 11.0 Å². The van der Waals surface area contributed by atoms with E-state index in [2.05, 4.69) is 0 Å². The minimum atomic E-state index is -4.91. The van der Waals surface area contributed by atoms with Crippen molar-refractivity contribution < 1.29 is 52.0 Å². The van der Waals surface area contributed by atoms with Crippen LogP contribution in [0, 0.1) is 5.82 Å². The molecular formula is C7H6FNaO4S. The van der Waals surface area contributed by atoms with Crippen LogP contribution in [0.4, 0.5) is 4.39 Å². The molecule has 1 N–H and O–H groups in total. The van der Waals surface area contributed by atoms with E-state index in [0.717, 1.165) is 12.1 Å². The van der Waals surface area contributed by atoms with Crippen LogP contribution in [-0.2, 0) is 10.1 Å². The van der Waals surface area contributed by atoms with Gasteiger partial charge in [0.05, 0.1) is 0 Å². The zero-order chi connectivity index (χ0) is 10.1. The average molecular weight is 228 g/mol. The molecule has 0 saturated heterocycles. The van der Waals surface area contributed by atoms with Gasteiger partial charge in [-0.3, -0.25) is 0 Å². The standard InChI is InChI=1S/C7H7FO4S.Na/c8-6-4-2-1-3-5(6)7(9)13(10,11)12;/h1-4,7,9H,(H,10,11,12);/q;+1/p-1. The maximum Gasteiger partial charge on any atom is 1.00 e. The zero-order valence-corrected chi connectivity index (χ0v) is 10.2. The van der Waals surface area contributed by atoms with Crippen molar-refractivity contribution in [2.75, 3.05) is 0 Å². The summed E-state index contributed by atoms with van der Waals surface area (Å²) in [7, 11) is -4.91. The summed E-state index contributed by atoms with van der Waals surface area (Å²) >= 11 is 0. The van der Waals surface area contributed by atoms with Crippen molar-refractivity contribution in [3.8, 4) is 0 Å². The van der Waals surface area contributed by atoms with Crippen molar-refractivity contribution >= 4 is 10.1 Å². The molecule has 1 rings (SSSR count). The second-order valence-electron chi connectivity index (χ2n) is 2.37. The molecule has 72 valence electrons. The van der Waals surface area contributed by atoms with Crippen LogP contribution in [0.15, 0.2) is 24.3 Å². The fraction of sp³-hybridized carbons (Fsp3) is 0.143. The molecule has 0 aliphatic rings. The van der Waals surface area contributed by atoms with Gasteiger partial charge in [0.15, 0.2) is 5.44 Å². The van der Waals surface area contributed by atoms with Gasteiger partial charge in [-0.15, -0.1) is 0 Å². The molecule has 0 saturated carbocycles. The van der Waals surface area contributed by atoms with E-state index < -0.39 is 26.9 Å². The van der Waals surface area contributed by atoms with Gasteiger partial charge in [0, 0.05) is 5.56 Å². The third-order valence-corrected chi connectivity index (χ3v) is 2.25. The molecule has 0 aliphatic carbocycles. The number of hydrogen-bond acceptors (Lipinski definition) is 4. The Kier molecular flexibility index (Phi) is 5.21. The number of halogens is 1. The molecule has 0 aliphatic heterocycles. The SMILES string of the molecule is O=S(=O)([O-])C(O)c1ccccc1F.[Na+]. The van der Waals surface area contributed by atoms with Crippen LogP contribution in [0.25, 0.3) is 0 Å². The first-order valence-corrected chi connectivity index (χ1v) is 4.77. The smallest absolute Gasteiger partial charge is 0.746 e. The molecular weight excluding hydrogens is 222 g/mol. The van der Waals surface area contributed by atoms with Gasteiger partial charge in [-0.1, -0.05) is 18.2 Å². The van der Waals surface area contributed by atoms with Crippen molar-refractivity contribution in [2.24, 2.45) is 0 Å². The maximum atomic E-state index is 12.8. The van der Waals surface area contributed by atoms with Crippen molar-refractivity contribution in [2.45, 2.75) is 5.44 Å². The first-order chi connectivity index (χ1) is 5.93. The van der Waals surface area contributed by atoms with Crippen LogP contribution in [0.3, 0.4) is 0 Å². The molecule has 0 amide bonds. The van der Waals surface area contributed by atoms with Crippen molar-refractivity contribution in [1.29, 1.82) is 0 Å². The molecule has 1 aromatic carbocycles.